The maximum atomic E-state index is 8.70. The van der Waals surface area contributed by atoms with Gasteiger partial charge in [-0.1, -0.05) is 6.07 Å². The molecule has 6 nitrogen and oxygen atoms in total. The van der Waals surface area contributed by atoms with Gasteiger partial charge in [0, 0.05) is 54.9 Å². The molecule has 1 fully saturated rings. The van der Waals surface area contributed by atoms with Crippen LogP contribution in [-0.4, -0.2) is 33.6 Å². The molecule has 1 aliphatic heterocycles. The highest BCUT2D eigenvalue weighted by atomic mass is 15.2. The van der Waals surface area contributed by atoms with Crippen LogP contribution in [-0.2, 0) is 7.05 Å². The van der Waals surface area contributed by atoms with Crippen LogP contribution in [0, 0.1) is 5.41 Å². The minimum atomic E-state index is 0.413. The van der Waals surface area contributed by atoms with Gasteiger partial charge in [0.25, 0.3) is 0 Å². The average molecular weight is 346 g/mol. The Morgan fingerprint density at radius 2 is 1.92 bits per heavy atom. The van der Waals surface area contributed by atoms with Crippen molar-refractivity contribution in [3.05, 3.63) is 60.0 Å². The second-order valence-corrected chi connectivity index (χ2v) is 6.68. The Balaban J connectivity index is 1.68. The van der Waals surface area contributed by atoms with Gasteiger partial charge in [-0.05, 0) is 42.7 Å². The average Bonchev–Trinajstić information content (AvgIpc) is 3.33. The van der Waals surface area contributed by atoms with E-state index in [-0.39, 0.29) is 0 Å². The zero-order valence-electron chi connectivity index (χ0n) is 14.8. The van der Waals surface area contributed by atoms with E-state index < -0.39 is 0 Å². The van der Waals surface area contributed by atoms with Gasteiger partial charge in [-0.2, -0.15) is 5.10 Å². The minimum Gasteiger partial charge on any atom is -0.398 e. The standard InChI is InChI=1S/C20H22N6/c1-25-13-16(12-24-25)14-4-5-18(21)17(10-14)20(22)15-6-7-23-19(11-15)26-8-2-3-9-26/h4-7,10-13,22H,2-3,8-9,21H2,1H3. The van der Waals surface area contributed by atoms with E-state index in [2.05, 4.69) is 15.0 Å². The van der Waals surface area contributed by atoms with Crippen molar-refractivity contribution in [2.45, 2.75) is 12.8 Å². The van der Waals surface area contributed by atoms with Crippen molar-refractivity contribution < 1.29 is 0 Å². The topological polar surface area (TPSA) is 83.8 Å². The Morgan fingerprint density at radius 3 is 2.65 bits per heavy atom. The summed E-state index contributed by atoms with van der Waals surface area (Å²) in [5.74, 6) is 0.937. The lowest BCUT2D eigenvalue weighted by Gasteiger charge is -2.17. The van der Waals surface area contributed by atoms with Crippen LogP contribution in [0.25, 0.3) is 11.1 Å². The number of nitrogen functional groups attached to an aromatic ring is 1. The number of rotatable bonds is 4. The largest absolute Gasteiger partial charge is 0.398 e. The summed E-state index contributed by atoms with van der Waals surface area (Å²) in [5.41, 5.74) is 10.8. The lowest BCUT2D eigenvalue weighted by atomic mass is 9.97. The fourth-order valence-corrected chi connectivity index (χ4v) is 3.37. The predicted molar refractivity (Wildman–Crippen MR) is 105 cm³/mol. The zero-order chi connectivity index (χ0) is 18.1. The lowest BCUT2D eigenvalue weighted by Crippen LogP contribution is -2.19. The molecule has 26 heavy (non-hydrogen) atoms. The summed E-state index contributed by atoms with van der Waals surface area (Å²) in [5, 5.41) is 12.9. The number of nitrogens with two attached hydrogens (primary N) is 1. The van der Waals surface area contributed by atoms with Gasteiger partial charge in [0.15, 0.2) is 0 Å². The van der Waals surface area contributed by atoms with Crippen LogP contribution in [0.2, 0.25) is 0 Å². The molecule has 0 bridgehead atoms. The smallest absolute Gasteiger partial charge is 0.129 e. The van der Waals surface area contributed by atoms with Gasteiger partial charge in [0.2, 0.25) is 0 Å². The summed E-state index contributed by atoms with van der Waals surface area (Å²) in [6.07, 6.45) is 7.94. The fraction of sp³-hybridized carbons (Fsp3) is 0.250. The first kappa shape index (κ1) is 16.3. The van der Waals surface area contributed by atoms with Gasteiger partial charge < -0.3 is 10.6 Å². The van der Waals surface area contributed by atoms with Crippen LogP contribution in [0.1, 0.15) is 24.0 Å². The van der Waals surface area contributed by atoms with Gasteiger partial charge >= 0.3 is 0 Å². The molecule has 3 N–H and O–H groups in total. The van der Waals surface area contributed by atoms with Gasteiger partial charge in [-0.15, -0.1) is 0 Å². The normalized spacial score (nSPS) is 14.0. The Kier molecular flexibility index (Phi) is 4.16. The first-order chi connectivity index (χ1) is 12.6. The van der Waals surface area contributed by atoms with E-state index in [1.165, 1.54) is 12.8 Å². The van der Waals surface area contributed by atoms with Crippen molar-refractivity contribution in [3.63, 3.8) is 0 Å². The van der Waals surface area contributed by atoms with Gasteiger partial charge in [-0.25, -0.2) is 4.98 Å². The predicted octanol–water partition coefficient (Wildman–Crippen LogP) is 3.08. The molecule has 6 heteroatoms. The number of aryl methyl sites for hydroxylation is 1. The minimum absolute atomic E-state index is 0.413. The number of hydrogen-bond donors (Lipinski definition) is 2. The molecule has 0 atom stereocenters. The van der Waals surface area contributed by atoms with E-state index in [9.17, 15) is 0 Å². The van der Waals surface area contributed by atoms with E-state index in [0.717, 1.165) is 41.2 Å². The molecule has 2 aromatic heterocycles. The summed E-state index contributed by atoms with van der Waals surface area (Å²) in [7, 11) is 1.89. The Labute approximate surface area is 152 Å². The molecular weight excluding hydrogens is 324 g/mol. The number of aromatic nitrogens is 3. The summed E-state index contributed by atoms with van der Waals surface area (Å²) < 4.78 is 1.77. The molecule has 0 aliphatic carbocycles. The maximum Gasteiger partial charge on any atom is 0.129 e. The Bertz CT molecular complexity index is 952. The van der Waals surface area contributed by atoms with Crippen molar-refractivity contribution in [1.82, 2.24) is 14.8 Å². The Morgan fingerprint density at radius 1 is 1.12 bits per heavy atom. The number of nitrogens with one attached hydrogen (secondary N) is 1. The molecular formula is C20H22N6. The summed E-state index contributed by atoms with van der Waals surface area (Å²) in [4.78, 5) is 6.74. The summed E-state index contributed by atoms with van der Waals surface area (Å²) >= 11 is 0. The molecule has 4 rings (SSSR count). The molecule has 0 unspecified atom stereocenters. The highest BCUT2D eigenvalue weighted by Gasteiger charge is 2.16. The molecule has 0 spiro atoms. The maximum absolute atomic E-state index is 8.70. The fourth-order valence-electron chi connectivity index (χ4n) is 3.37. The second-order valence-electron chi connectivity index (χ2n) is 6.68. The molecule has 0 saturated carbocycles. The molecule has 3 heterocycles. The molecule has 1 aromatic carbocycles. The van der Waals surface area contributed by atoms with Crippen LogP contribution in [0.3, 0.4) is 0 Å². The number of benzene rings is 1. The van der Waals surface area contributed by atoms with Crippen molar-refractivity contribution in [2.24, 2.45) is 7.05 Å². The number of nitrogens with zero attached hydrogens (tertiary/aromatic N) is 4. The van der Waals surface area contributed by atoms with Crippen molar-refractivity contribution in [3.8, 4) is 11.1 Å². The van der Waals surface area contributed by atoms with E-state index in [1.54, 1.807) is 10.9 Å². The first-order valence-electron chi connectivity index (χ1n) is 8.80. The van der Waals surface area contributed by atoms with E-state index >= 15 is 0 Å². The van der Waals surface area contributed by atoms with Gasteiger partial charge in [0.1, 0.15) is 5.82 Å². The van der Waals surface area contributed by atoms with Crippen molar-refractivity contribution >= 4 is 17.2 Å². The van der Waals surface area contributed by atoms with Crippen LogP contribution < -0.4 is 10.6 Å². The number of hydrogen-bond acceptors (Lipinski definition) is 5. The molecule has 132 valence electrons. The van der Waals surface area contributed by atoms with Crippen LogP contribution >= 0.6 is 0 Å². The SMILES string of the molecule is Cn1cc(-c2ccc(N)c(C(=N)c3ccnc(N4CCCC4)c3)c2)cn1. The quantitative estimate of drug-likeness (QED) is 0.562. The van der Waals surface area contributed by atoms with Crippen LogP contribution in [0.4, 0.5) is 11.5 Å². The molecule has 0 amide bonds. The third-order valence-electron chi connectivity index (χ3n) is 4.83. The van der Waals surface area contributed by atoms with E-state index in [1.807, 2.05) is 49.8 Å². The number of pyridine rings is 1. The molecule has 1 aliphatic rings. The highest BCUT2D eigenvalue weighted by Crippen LogP contribution is 2.26. The molecule has 1 saturated heterocycles. The van der Waals surface area contributed by atoms with Crippen molar-refractivity contribution in [1.29, 1.82) is 5.41 Å². The van der Waals surface area contributed by atoms with Crippen LogP contribution in [0.15, 0.2) is 48.9 Å². The van der Waals surface area contributed by atoms with Gasteiger partial charge in [0.05, 0.1) is 11.9 Å². The summed E-state index contributed by atoms with van der Waals surface area (Å²) in [6.45, 7) is 2.06. The summed E-state index contributed by atoms with van der Waals surface area (Å²) in [6, 6.07) is 9.65. The van der Waals surface area contributed by atoms with Gasteiger partial charge in [-0.3, -0.25) is 10.1 Å². The van der Waals surface area contributed by atoms with E-state index in [0.29, 0.717) is 11.4 Å². The molecule has 0 radical (unpaired) electrons. The van der Waals surface area contributed by atoms with Crippen molar-refractivity contribution in [2.75, 3.05) is 23.7 Å². The second kappa shape index (κ2) is 6.63. The van der Waals surface area contributed by atoms with E-state index in [4.69, 9.17) is 11.1 Å². The third kappa shape index (κ3) is 3.06. The van der Waals surface area contributed by atoms with Crippen LogP contribution in [0.5, 0.6) is 0 Å². The Hall–Kier alpha value is -3.15. The molecule has 3 aromatic rings. The zero-order valence-corrected chi connectivity index (χ0v) is 14.8. The lowest BCUT2D eigenvalue weighted by molar-refractivity contribution is 0.768. The highest BCUT2D eigenvalue weighted by molar-refractivity contribution is 6.14. The third-order valence-corrected chi connectivity index (χ3v) is 4.83. The number of anilines is 2. The monoisotopic (exact) mass is 346 g/mol. The first-order valence-corrected chi connectivity index (χ1v) is 8.80.